The van der Waals surface area contributed by atoms with Crippen LogP contribution in [-0.2, 0) is 9.59 Å². The molecule has 2 bridgehead atoms. The van der Waals surface area contributed by atoms with Crippen molar-refractivity contribution in [2.75, 3.05) is 5.32 Å². The Bertz CT molecular complexity index is 579. The molecule has 4 atom stereocenters. The number of carboxylic acid groups (broad SMARTS) is 1. The smallest absolute Gasteiger partial charge is 0.307 e. The fraction of sp³-hybridized carbons (Fsp3) is 0.400. The number of carbonyl (C=O) groups is 2. The number of fused-ring (bicyclic) bond motifs is 2. The second kappa shape index (κ2) is 4.74. The Hall–Kier alpha value is -2.17. The van der Waals surface area contributed by atoms with Gasteiger partial charge in [-0.15, -0.1) is 0 Å². The van der Waals surface area contributed by atoms with E-state index in [1.807, 2.05) is 25.1 Å². The van der Waals surface area contributed by atoms with Gasteiger partial charge < -0.3 is 10.4 Å². The van der Waals surface area contributed by atoms with Gasteiger partial charge in [0.2, 0.25) is 5.91 Å². The standard InChI is InChI=1S/C15H16N2O3/c1-8-2-5-11(16-7-8)17-14(18)12-9-3-4-10(6-9)13(12)15(19)20/h2-5,7,9-10,12-13H,6H2,1H3,(H,19,20)(H,16,17,18)/t9-,10-,12-,13-/m0/s1. The van der Waals surface area contributed by atoms with E-state index in [-0.39, 0.29) is 17.7 Å². The number of carbonyl (C=O) groups excluding carboxylic acids is 1. The molecule has 104 valence electrons. The van der Waals surface area contributed by atoms with Crippen molar-refractivity contribution >= 4 is 17.7 Å². The quantitative estimate of drug-likeness (QED) is 0.823. The molecule has 5 heteroatoms. The molecule has 2 N–H and O–H groups in total. The summed E-state index contributed by atoms with van der Waals surface area (Å²) in [7, 11) is 0. The molecule has 0 unspecified atom stereocenters. The monoisotopic (exact) mass is 272 g/mol. The van der Waals surface area contributed by atoms with E-state index in [1.54, 1.807) is 12.3 Å². The Morgan fingerprint density at radius 1 is 1.25 bits per heavy atom. The summed E-state index contributed by atoms with van der Waals surface area (Å²) in [5.41, 5.74) is 1.01. The number of aromatic nitrogens is 1. The number of anilines is 1. The van der Waals surface area contributed by atoms with Crippen LogP contribution < -0.4 is 5.32 Å². The van der Waals surface area contributed by atoms with Gasteiger partial charge in [-0.05, 0) is 36.8 Å². The van der Waals surface area contributed by atoms with E-state index < -0.39 is 17.8 Å². The third-order valence-electron chi connectivity index (χ3n) is 4.21. The highest BCUT2D eigenvalue weighted by Crippen LogP contribution is 2.48. The zero-order valence-electron chi connectivity index (χ0n) is 11.1. The first-order valence-corrected chi connectivity index (χ1v) is 6.71. The molecule has 2 aliphatic carbocycles. The van der Waals surface area contributed by atoms with Gasteiger partial charge in [-0.3, -0.25) is 9.59 Å². The zero-order chi connectivity index (χ0) is 14.3. The number of pyridine rings is 1. The number of hydrogen-bond donors (Lipinski definition) is 2. The molecule has 1 aromatic rings. The van der Waals surface area contributed by atoms with E-state index >= 15 is 0 Å². The first-order valence-electron chi connectivity index (χ1n) is 6.71. The van der Waals surface area contributed by atoms with Crippen LogP contribution in [0.5, 0.6) is 0 Å². The minimum Gasteiger partial charge on any atom is -0.481 e. The van der Waals surface area contributed by atoms with E-state index in [4.69, 9.17) is 0 Å². The van der Waals surface area contributed by atoms with E-state index in [9.17, 15) is 14.7 Å². The molecule has 1 saturated carbocycles. The Morgan fingerprint density at radius 3 is 2.55 bits per heavy atom. The van der Waals surface area contributed by atoms with Crippen LogP contribution >= 0.6 is 0 Å². The van der Waals surface area contributed by atoms with Crippen molar-refractivity contribution in [2.45, 2.75) is 13.3 Å². The van der Waals surface area contributed by atoms with Crippen molar-refractivity contribution in [1.29, 1.82) is 0 Å². The average molecular weight is 272 g/mol. The van der Waals surface area contributed by atoms with Gasteiger partial charge in [-0.2, -0.15) is 0 Å². The van der Waals surface area contributed by atoms with E-state index in [0.29, 0.717) is 5.82 Å². The lowest BCUT2D eigenvalue weighted by Gasteiger charge is -2.23. The molecule has 0 radical (unpaired) electrons. The van der Waals surface area contributed by atoms with Gasteiger partial charge in [0.15, 0.2) is 0 Å². The lowest BCUT2D eigenvalue weighted by molar-refractivity contribution is -0.146. The molecule has 1 aromatic heterocycles. The molecule has 0 aromatic carbocycles. The third kappa shape index (κ3) is 2.09. The number of aryl methyl sites for hydroxylation is 1. The van der Waals surface area contributed by atoms with Crippen molar-refractivity contribution in [1.82, 2.24) is 4.98 Å². The Morgan fingerprint density at radius 2 is 1.95 bits per heavy atom. The summed E-state index contributed by atoms with van der Waals surface area (Å²) in [6, 6.07) is 3.59. The van der Waals surface area contributed by atoms with Crippen LogP contribution in [0.3, 0.4) is 0 Å². The molecule has 0 spiro atoms. The number of amides is 1. The minimum atomic E-state index is -0.890. The lowest BCUT2D eigenvalue weighted by atomic mass is 9.82. The summed E-state index contributed by atoms with van der Waals surface area (Å²) in [6.45, 7) is 1.92. The van der Waals surface area contributed by atoms with Crippen LogP contribution in [0.25, 0.3) is 0 Å². The van der Waals surface area contributed by atoms with E-state index in [0.717, 1.165) is 12.0 Å². The van der Waals surface area contributed by atoms with Crippen LogP contribution in [0.1, 0.15) is 12.0 Å². The summed E-state index contributed by atoms with van der Waals surface area (Å²) >= 11 is 0. The molecular formula is C15H16N2O3. The lowest BCUT2D eigenvalue weighted by Crippen LogP contribution is -2.36. The molecule has 5 nitrogen and oxygen atoms in total. The van der Waals surface area contributed by atoms with Gasteiger partial charge in [-0.1, -0.05) is 18.2 Å². The highest BCUT2D eigenvalue weighted by Gasteiger charge is 2.51. The van der Waals surface area contributed by atoms with Gasteiger partial charge in [0, 0.05) is 6.20 Å². The van der Waals surface area contributed by atoms with E-state index in [1.165, 1.54) is 0 Å². The molecule has 2 aliphatic rings. The number of aliphatic carboxylic acids is 1. The topological polar surface area (TPSA) is 79.3 Å². The fourth-order valence-electron chi connectivity index (χ4n) is 3.27. The molecule has 1 fully saturated rings. The number of nitrogens with one attached hydrogen (secondary N) is 1. The molecule has 1 amide bonds. The maximum Gasteiger partial charge on any atom is 0.307 e. The maximum atomic E-state index is 12.4. The molecule has 1 heterocycles. The van der Waals surface area contributed by atoms with Crippen LogP contribution in [0.4, 0.5) is 5.82 Å². The number of rotatable bonds is 3. The van der Waals surface area contributed by atoms with Gasteiger partial charge in [0.25, 0.3) is 0 Å². The van der Waals surface area contributed by atoms with Crippen molar-refractivity contribution in [3.8, 4) is 0 Å². The zero-order valence-corrected chi connectivity index (χ0v) is 11.1. The highest BCUT2D eigenvalue weighted by atomic mass is 16.4. The first kappa shape index (κ1) is 12.8. The summed E-state index contributed by atoms with van der Waals surface area (Å²) in [5, 5.41) is 12.1. The average Bonchev–Trinajstić information content (AvgIpc) is 3.01. The van der Waals surface area contributed by atoms with Gasteiger partial charge in [0.1, 0.15) is 5.82 Å². The van der Waals surface area contributed by atoms with Gasteiger partial charge in [-0.25, -0.2) is 4.98 Å². The number of nitrogens with zero attached hydrogens (tertiary/aromatic N) is 1. The molecule has 0 saturated heterocycles. The van der Waals surface area contributed by atoms with Crippen molar-refractivity contribution in [3.63, 3.8) is 0 Å². The second-order valence-electron chi connectivity index (χ2n) is 5.55. The van der Waals surface area contributed by atoms with Crippen LogP contribution in [0.2, 0.25) is 0 Å². The first-order chi connectivity index (χ1) is 9.56. The normalized spacial score (nSPS) is 30.4. The Balaban J connectivity index is 1.78. The predicted octanol–water partition coefficient (Wildman–Crippen LogP) is 1.85. The van der Waals surface area contributed by atoms with Gasteiger partial charge >= 0.3 is 5.97 Å². The number of carboxylic acids is 1. The van der Waals surface area contributed by atoms with Crippen molar-refractivity contribution < 1.29 is 14.7 Å². The fourth-order valence-corrected chi connectivity index (χ4v) is 3.27. The van der Waals surface area contributed by atoms with Crippen LogP contribution in [0.15, 0.2) is 30.5 Å². The SMILES string of the molecule is Cc1ccc(NC(=O)[C@@H]2[C@@H](C(=O)O)[C@H]3C=C[C@H]2C3)nc1. The Kier molecular flexibility index (Phi) is 3.04. The van der Waals surface area contributed by atoms with E-state index in [2.05, 4.69) is 10.3 Å². The summed E-state index contributed by atoms with van der Waals surface area (Å²) < 4.78 is 0. The molecule has 3 rings (SSSR count). The molecule has 0 aliphatic heterocycles. The van der Waals surface area contributed by atoms with Crippen molar-refractivity contribution in [3.05, 3.63) is 36.0 Å². The molecule has 20 heavy (non-hydrogen) atoms. The largest absolute Gasteiger partial charge is 0.481 e. The maximum absolute atomic E-state index is 12.4. The number of allylic oxidation sites excluding steroid dienone is 2. The van der Waals surface area contributed by atoms with Gasteiger partial charge in [0.05, 0.1) is 11.8 Å². The predicted molar refractivity (Wildman–Crippen MR) is 73.0 cm³/mol. The summed E-state index contributed by atoms with van der Waals surface area (Å²) in [6.07, 6.45) is 6.33. The number of hydrogen-bond acceptors (Lipinski definition) is 3. The van der Waals surface area contributed by atoms with Crippen LogP contribution in [-0.4, -0.2) is 22.0 Å². The summed E-state index contributed by atoms with van der Waals surface area (Å²) in [4.78, 5) is 27.9. The summed E-state index contributed by atoms with van der Waals surface area (Å²) in [5.74, 6) is -1.76. The molecular weight excluding hydrogens is 256 g/mol. The third-order valence-corrected chi connectivity index (χ3v) is 4.21. The van der Waals surface area contributed by atoms with Crippen molar-refractivity contribution in [2.24, 2.45) is 23.7 Å². The minimum absolute atomic E-state index is 0.0146. The second-order valence-corrected chi connectivity index (χ2v) is 5.55. The highest BCUT2D eigenvalue weighted by molar-refractivity contribution is 5.95. The Labute approximate surface area is 116 Å². The van der Waals surface area contributed by atoms with Crippen LogP contribution in [0, 0.1) is 30.6 Å².